The molecule has 1 aliphatic rings. The van der Waals surface area contributed by atoms with E-state index in [2.05, 4.69) is 60.2 Å². The maximum atomic E-state index is 12.4. The lowest BCUT2D eigenvalue weighted by atomic mass is 10.0. The Kier molecular flexibility index (Phi) is 4.93. The standard InChI is InChI=1S/C16H15Br2N3O/c17-11-7-5-10(6-8-11)14-9-15(21-20-14)16(22)19-13-4-2-1-3-12(13)18/h1-8,14-15,20-21H,9H2,(H,19,22). The molecule has 2 aromatic carbocycles. The third-order valence-corrected chi connectivity index (χ3v) is 4.84. The van der Waals surface area contributed by atoms with Crippen molar-refractivity contribution in [3.8, 4) is 0 Å². The number of hydrogen-bond acceptors (Lipinski definition) is 3. The number of carbonyl (C=O) groups is 1. The van der Waals surface area contributed by atoms with Crippen LogP contribution in [0.15, 0.2) is 57.5 Å². The Morgan fingerprint density at radius 1 is 1.05 bits per heavy atom. The summed E-state index contributed by atoms with van der Waals surface area (Å²) >= 11 is 6.86. The average Bonchev–Trinajstić information content (AvgIpc) is 3.00. The predicted molar refractivity (Wildman–Crippen MR) is 94.3 cm³/mol. The molecule has 2 aromatic rings. The van der Waals surface area contributed by atoms with Crippen molar-refractivity contribution in [3.63, 3.8) is 0 Å². The highest BCUT2D eigenvalue weighted by molar-refractivity contribution is 9.10. The zero-order chi connectivity index (χ0) is 15.5. The summed E-state index contributed by atoms with van der Waals surface area (Å²) in [6, 6.07) is 15.6. The van der Waals surface area contributed by atoms with Crippen molar-refractivity contribution in [2.24, 2.45) is 0 Å². The van der Waals surface area contributed by atoms with E-state index in [4.69, 9.17) is 0 Å². The second-order valence-corrected chi connectivity index (χ2v) is 6.92. The fraction of sp³-hybridized carbons (Fsp3) is 0.188. The van der Waals surface area contributed by atoms with Crippen molar-refractivity contribution in [1.29, 1.82) is 0 Å². The summed E-state index contributed by atoms with van der Waals surface area (Å²) in [6.07, 6.45) is 0.706. The van der Waals surface area contributed by atoms with Crippen molar-refractivity contribution in [1.82, 2.24) is 10.9 Å². The highest BCUT2D eigenvalue weighted by atomic mass is 79.9. The normalized spacial score (nSPS) is 20.8. The Bertz CT molecular complexity index is 675. The second kappa shape index (κ2) is 6.91. The predicted octanol–water partition coefficient (Wildman–Crippen LogP) is 3.76. The Labute approximate surface area is 145 Å². The van der Waals surface area contributed by atoms with E-state index in [1.807, 2.05) is 36.4 Å². The number of anilines is 1. The van der Waals surface area contributed by atoms with Crippen LogP contribution < -0.4 is 16.2 Å². The van der Waals surface area contributed by atoms with E-state index < -0.39 is 0 Å². The molecular weight excluding hydrogens is 410 g/mol. The summed E-state index contributed by atoms with van der Waals surface area (Å²) < 4.78 is 1.92. The monoisotopic (exact) mass is 423 g/mol. The number of amides is 1. The molecule has 0 radical (unpaired) electrons. The van der Waals surface area contributed by atoms with E-state index in [9.17, 15) is 4.79 Å². The largest absolute Gasteiger partial charge is 0.324 e. The molecule has 22 heavy (non-hydrogen) atoms. The third-order valence-electron chi connectivity index (χ3n) is 3.62. The lowest BCUT2D eigenvalue weighted by molar-refractivity contribution is -0.117. The molecule has 1 amide bonds. The van der Waals surface area contributed by atoms with Gasteiger partial charge in [-0.2, -0.15) is 0 Å². The van der Waals surface area contributed by atoms with E-state index in [0.29, 0.717) is 6.42 Å². The summed E-state index contributed by atoms with van der Waals surface area (Å²) in [5, 5.41) is 2.94. The average molecular weight is 425 g/mol. The van der Waals surface area contributed by atoms with Crippen LogP contribution in [0.25, 0.3) is 0 Å². The van der Waals surface area contributed by atoms with Crippen molar-refractivity contribution in [2.45, 2.75) is 18.5 Å². The van der Waals surface area contributed by atoms with E-state index in [0.717, 1.165) is 20.2 Å². The van der Waals surface area contributed by atoms with Crippen molar-refractivity contribution in [2.75, 3.05) is 5.32 Å². The van der Waals surface area contributed by atoms with E-state index in [-0.39, 0.29) is 18.0 Å². The molecule has 0 spiro atoms. The van der Waals surface area contributed by atoms with Gasteiger partial charge in [0.05, 0.1) is 5.69 Å². The lowest BCUT2D eigenvalue weighted by Gasteiger charge is -2.12. The number of benzene rings is 2. The molecule has 3 N–H and O–H groups in total. The van der Waals surface area contributed by atoms with Crippen LogP contribution in [-0.2, 0) is 4.79 Å². The molecule has 0 bridgehead atoms. The Balaban J connectivity index is 1.64. The fourth-order valence-corrected chi connectivity index (χ4v) is 3.07. The molecule has 1 aliphatic heterocycles. The van der Waals surface area contributed by atoms with E-state index in [1.165, 1.54) is 0 Å². The summed E-state index contributed by atoms with van der Waals surface area (Å²) in [5.41, 5.74) is 8.19. The van der Waals surface area contributed by atoms with Crippen LogP contribution in [0.3, 0.4) is 0 Å². The van der Waals surface area contributed by atoms with Gasteiger partial charge >= 0.3 is 0 Å². The minimum Gasteiger partial charge on any atom is -0.324 e. The van der Waals surface area contributed by atoms with Crippen molar-refractivity contribution < 1.29 is 4.79 Å². The smallest absolute Gasteiger partial charge is 0.242 e. The summed E-state index contributed by atoms with van der Waals surface area (Å²) in [5.74, 6) is -0.0426. The molecule has 3 rings (SSSR count). The lowest BCUT2D eigenvalue weighted by Crippen LogP contribution is -2.39. The molecule has 1 saturated heterocycles. The van der Waals surface area contributed by atoms with Crippen molar-refractivity contribution in [3.05, 3.63) is 63.0 Å². The Morgan fingerprint density at radius 2 is 1.77 bits per heavy atom. The zero-order valence-electron chi connectivity index (χ0n) is 11.6. The quantitative estimate of drug-likeness (QED) is 0.703. The van der Waals surface area contributed by atoms with Crippen molar-refractivity contribution >= 4 is 43.5 Å². The molecule has 114 valence electrons. The molecule has 6 heteroatoms. The van der Waals surface area contributed by atoms with Gasteiger partial charge in [0.15, 0.2) is 0 Å². The minimum absolute atomic E-state index is 0.0426. The molecule has 0 aromatic heterocycles. The first-order valence-corrected chi connectivity index (χ1v) is 8.54. The van der Waals surface area contributed by atoms with Gasteiger partial charge < -0.3 is 5.32 Å². The highest BCUT2D eigenvalue weighted by Crippen LogP contribution is 2.26. The van der Waals surface area contributed by atoms with Crippen LogP contribution in [0.1, 0.15) is 18.0 Å². The third kappa shape index (κ3) is 3.57. The maximum absolute atomic E-state index is 12.4. The van der Waals surface area contributed by atoms with E-state index in [1.54, 1.807) is 0 Å². The molecule has 4 nitrogen and oxygen atoms in total. The van der Waals surface area contributed by atoms with Crippen LogP contribution in [0.2, 0.25) is 0 Å². The molecule has 0 saturated carbocycles. The first kappa shape index (κ1) is 15.7. The molecule has 2 atom stereocenters. The Morgan fingerprint density at radius 3 is 2.50 bits per heavy atom. The number of hydrogen-bond donors (Lipinski definition) is 3. The van der Waals surface area contributed by atoms with Gasteiger partial charge in [0, 0.05) is 15.0 Å². The number of para-hydroxylation sites is 1. The number of nitrogens with one attached hydrogen (secondary N) is 3. The number of hydrazine groups is 1. The van der Waals surface area contributed by atoms with Gasteiger partial charge in [-0.05, 0) is 52.2 Å². The van der Waals surface area contributed by atoms with E-state index >= 15 is 0 Å². The van der Waals surface area contributed by atoms with Crippen LogP contribution in [0, 0.1) is 0 Å². The molecule has 2 unspecified atom stereocenters. The summed E-state index contributed by atoms with van der Waals surface area (Å²) in [7, 11) is 0. The molecule has 0 aliphatic carbocycles. The van der Waals surface area contributed by atoms with Gasteiger partial charge in [-0.1, -0.05) is 40.2 Å². The van der Waals surface area contributed by atoms with Crippen LogP contribution in [0.5, 0.6) is 0 Å². The fourth-order valence-electron chi connectivity index (χ4n) is 2.42. The SMILES string of the molecule is O=C(Nc1ccccc1Br)C1CC(c2ccc(Br)cc2)NN1. The number of carbonyl (C=O) groups excluding carboxylic acids is 1. The zero-order valence-corrected chi connectivity index (χ0v) is 14.8. The van der Waals surface area contributed by atoms with Crippen LogP contribution >= 0.6 is 31.9 Å². The molecular formula is C16H15Br2N3O. The number of rotatable bonds is 3. The van der Waals surface area contributed by atoms with Gasteiger partial charge in [-0.3, -0.25) is 4.79 Å². The maximum Gasteiger partial charge on any atom is 0.242 e. The van der Waals surface area contributed by atoms with Crippen LogP contribution in [-0.4, -0.2) is 11.9 Å². The van der Waals surface area contributed by atoms with Gasteiger partial charge in [-0.15, -0.1) is 0 Å². The van der Waals surface area contributed by atoms with Gasteiger partial charge in [0.25, 0.3) is 0 Å². The molecule has 1 fully saturated rings. The summed E-state index contributed by atoms with van der Waals surface area (Å²) in [6.45, 7) is 0. The van der Waals surface area contributed by atoms with Crippen LogP contribution in [0.4, 0.5) is 5.69 Å². The second-order valence-electron chi connectivity index (χ2n) is 5.15. The van der Waals surface area contributed by atoms with Gasteiger partial charge in [-0.25, -0.2) is 10.9 Å². The topological polar surface area (TPSA) is 53.2 Å². The first-order chi connectivity index (χ1) is 10.6. The molecule has 1 heterocycles. The Hall–Kier alpha value is -1.21. The number of halogens is 2. The first-order valence-electron chi connectivity index (χ1n) is 6.95. The highest BCUT2D eigenvalue weighted by Gasteiger charge is 2.30. The van der Waals surface area contributed by atoms with Gasteiger partial charge in [0.1, 0.15) is 6.04 Å². The minimum atomic E-state index is -0.263. The van der Waals surface area contributed by atoms with Gasteiger partial charge in [0.2, 0.25) is 5.91 Å². The summed E-state index contributed by atoms with van der Waals surface area (Å²) in [4.78, 5) is 12.4.